The number of nitrogens with zero attached hydrogens (tertiary/aromatic N) is 1. The predicted molar refractivity (Wildman–Crippen MR) is 48.6 cm³/mol. The van der Waals surface area contributed by atoms with E-state index in [1.807, 2.05) is 0 Å². The number of rotatable bonds is 0. The number of nitrogens with one attached hydrogen (secondary N) is 1. The Labute approximate surface area is 88.0 Å². The largest absolute Gasteiger partial charge is 0.543 e. The summed E-state index contributed by atoms with van der Waals surface area (Å²) in [4.78, 5) is 20.2. The average molecular weight is 220 g/mol. The quantitative estimate of drug-likeness (QED) is 0.410. The number of carboxylic acids is 2. The zero-order chi connectivity index (χ0) is 11.1. The second kappa shape index (κ2) is 8.16. The summed E-state index contributed by atoms with van der Waals surface area (Å²) in [7, 11) is 2.16. The first kappa shape index (κ1) is 16.3. The highest BCUT2D eigenvalue weighted by Gasteiger charge is 2.09. The summed E-state index contributed by atoms with van der Waals surface area (Å²) in [5, 5.41) is 21.2. The maximum Gasteiger partial charge on any atom is 0.0870 e. The maximum atomic E-state index is 8.93. The van der Waals surface area contributed by atoms with Crippen molar-refractivity contribution in [3.05, 3.63) is 0 Å². The lowest BCUT2D eigenvalue weighted by molar-refractivity contribution is -0.345. The van der Waals surface area contributed by atoms with Gasteiger partial charge >= 0.3 is 0 Å². The van der Waals surface area contributed by atoms with Gasteiger partial charge in [-0.15, -0.1) is 0 Å². The normalized spacial score (nSPS) is 20.5. The SMILES string of the molecule is C[C@@H]1CN(C)CCN1.O.O=C([O-])C(=O)[O-]. The van der Waals surface area contributed by atoms with Crippen LogP contribution >= 0.6 is 0 Å². The first-order valence-electron chi connectivity index (χ1n) is 4.27. The van der Waals surface area contributed by atoms with Crippen LogP contribution in [0.4, 0.5) is 0 Å². The van der Waals surface area contributed by atoms with Crippen molar-refractivity contribution < 1.29 is 25.3 Å². The Balaban J connectivity index is 0. The number of carboxylic acid groups (broad SMARTS) is 2. The number of carbonyl (C=O) groups is 2. The zero-order valence-electron chi connectivity index (χ0n) is 8.78. The fraction of sp³-hybridized carbons (Fsp3) is 0.750. The summed E-state index contributed by atoms with van der Waals surface area (Å²) in [6.07, 6.45) is 0. The van der Waals surface area contributed by atoms with E-state index in [1.165, 1.54) is 13.1 Å². The second-order valence-electron chi connectivity index (χ2n) is 3.19. The Morgan fingerprint density at radius 1 is 1.33 bits per heavy atom. The smallest absolute Gasteiger partial charge is 0.0870 e. The molecule has 0 radical (unpaired) electrons. The first-order valence-corrected chi connectivity index (χ1v) is 4.27. The van der Waals surface area contributed by atoms with E-state index >= 15 is 0 Å². The molecule has 1 atom stereocenters. The van der Waals surface area contributed by atoms with Crippen LogP contribution < -0.4 is 15.5 Å². The number of carbonyl (C=O) groups excluding carboxylic acids is 2. The highest BCUT2D eigenvalue weighted by molar-refractivity contribution is 6.25. The van der Waals surface area contributed by atoms with Crippen LogP contribution in [0.2, 0.25) is 0 Å². The third-order valence-electron chi connectivity index (χ3n) is 1.74. The van der Waals surface area contributed by atoms with E-state index in [4.69, 9.17) is 19.8 Å². The van der Waals surface area contributed by atoms with Crippen molar-refractivity contribution in [1.82, 2.24) is 10.2 Å². The number of piperazine rings is 1. The molecule has 0 aromatic heterocycles. The summed E-state index contributed by atoms with van der Waals surface area (Å²) in [5.41, 5.74) is 0. The van der Waals surface area contributed by atoms with Gasteiger partial charge in [-0.25, -0.2) is 0 Å². The highest BCUT2D eigenvalue weighted by Crippen LogP contribution is 1.92. The van der Waals surface area contributed by atoms with Gasteiger partial charge in [-0.3, -0.25) is 0 Å². The van der Waals surface area contributed by atoms with E-state index < -0.39 is 11.9 Å². The van der Waals surface area contributed by atoms with Gasteiger partial charge in [0.05, 0.1) is 11.9 Å². The molecule has 15 heavy (non-hydrogen) atoms. The summed E-state index contributed by atoms with van der Waals surface area (Å²) >= 11 is 0. The van der Waals surface area contributed by atoms with Crippen LogP contribution in [0.3, 0.4) is 0 Å². The van der Waals surface area contributed by atoms with Crippen molar-refractivity contribution in [3.63, 3.8) is 0 Å². The molecule has 0 bridgehead atoms. The van der Waals surface area contributed by atoms with Crippen LogP contribution in [0.25, 0.3) is 0 Å². The van der Waals surface area contributed by atoms with Crippen LogP contribution in [0.5, 0.6) is 0 Å². The second-order valence-corrected chi connectivity index (χ2v) is 3.19. The van der Waals surface area contributed by atoms with Crippen molar-refractivity contribution in [2.24, 2.45) is 0 Å². The van der Waals surface area contributed by atoms with Crippen LogP contribution in [-0.2, 0) is 9.59 Å². The molecule has 0 aromatic carbocycles. The molecule has 1 aliphatic heterocycles. The summed E-state index contributed by atoms with van der Waals surface area (Å²) in [6.45, 7) is 5.76. The Bertz CT molecular complexity index is 189. The van der Waals surface area contributed by atoms with Gasteiger partial charge in [-0.2, -0.15) is 0 Å². The van der Waals surface area contributed by atoms with E-state index in [-0.39, 0.29) is 5.48 Å². The van der Waals surface area contributed by atoms with E-state index in [0.29, 0.717) is 6.04 Å². The molecule has 0 aliphatic carbocycles. The van der Waals surface area contributed by atoms with E-state index in [9.17, 15) is 0 Å². The minimum Gasteiger partial charge on any atom is -0.543 e. The van der Waals surface area contributed by atoms with E-state index in [2.05, 4.69) is 24.2 Å². The molecular formula is C8H16N2O5-2. The van der Waals surface area contributed by atoms with Gasteiger partial charge < -0.3 is 35.5 Å². The van der Waals surface area contributed by atoms with Crippen molar-refractivity contribution >= 4 is 11.9 Å². The average Bonchev–Trinajstić information content (AvgIpc) is 2.04. The number of aliphatic carboxylic acids is 2. The molecule has 1 fully saturated rings. The van der Waals surface area contributed by atoms with Gasteiger partial charge in [0, 0.05) is 25.7 Å². The highest BCUT2D eigenvalue weighted by atomic mass is 16.4. The van der Waals surface area contributed by atoms with Crippen LogP contribution in [0, 0.1) is 0 Å². The standard InChI is InChI=1S/C6H14N2.C2H2O4.H2O/c1-6-5-8(2)4-3-7-6;3-1(4)2(5)6;/h6-7H,3-5H2,1-2H3;(H,3,4)(H,5,6);1H2/p-2/t6-;;/m1../s1. The molecule has 1 saturated heterocycles. The molecule has 0 unspecified atom stereocenters. The molecule has 1 rings (SSSR count). The van der Waals surface area contributed by atoms with Gasteiger partial charge in [0.25, 0.3) is 0 Å². The van der Waals surface area contributed by atoms with Crippen molar-refractivity contribution in [1.29, 1.82) is 0 Å². The lowest BCUT2D eigenvalue weighted by Gasteiger charge is -2.28. The Hall–Kier alpha value is -1.18. The molecule has 0 amide bonds. The molecule has 1 aliphatic rings. The third-order valence-corrected chi connectivity index (χ3v) is 1.74. The summed E-state index contributed by atoms with van der Waals surface area (Å²) in [6, 6.07) is 0.689. The number of hydrogen-bond acceptors (Lipinski definition) is 6. The Kier molecular flexibility index (Phi) is 8.84. The van der Waals surface area contributed by atoms with Crippen molar-refractivity contribution in [3.8, 4) is 0 Å². The van der Waals surface area contributed by atoms with Gasteiger partial charge in [0.15, 0.2) is 0 Å². The minimum absolute atomic E-state index is 0. The molecular weight excluding hydrogens is 204 g/mol. The van der Waals surface area contributed by atoms with Gasteiger partial charge in [0.2, 0.25) is 0 Å². The van der Waals surface area contributed by atoms with Crippen LogP contribution in [0.1, 0.15) is 6.92 Å². The zero-order valence-corrected chi connectivity index (χ0v) is 8.78. The molecule has 7 heteroatoms. The molecule has 0 saturated carbocycles. The van der Waals surface area contributed by atoms with E-state index in [1.54, 1.807) is 0 Å². The molecule has 3 N–H and O–H groups in total. The van der Waals surface area contributed by atoms with Crippen molar-refractivity contribution in [2.75, 3.05) is 26.7 Å². The number of likely N-dealkylation sites (N-methyl/N-ethyl adjacent to an activating group) is 1. The summed E-state index contributed by atoms with van der Waals surface area (Å²) in [5.74, 6) is -4.37. The van der Waals surface area contributed by atoms with Gasteiger partial charge in [0.1, 0.15) is 0 Å². The van der Waals surface area contributed by atoms with Crippen molar-refractivity contribution in [2.45, 2.75) is 13.0 Å². The number of hydrogen-bond donors (Lipinski definition) is 1. The maximum absolute atomic E-state index is 8.93. The summed E-state index contributed by atoms with van der Waals surface area (Å²) < 4.78 is 0. The third kappa shape index (κ3) is 9.13. The van der Waals surface area contributed by atoms with Gasteiger partial charge in [-0.1, -0.05) is 0 Å². The Morgan fingerprint density at radius 3 is 2.00 bits per heavy atom. The molecule has 1 heterocycles. The molecule has 7 nitrogen and oxygen atoms in total. The molecule has 90 valence electrons. The minimum atomic E-state index is -2.19. The lowest BCUT2D eigenvalue weighted by atomic mass is 10.2. The monoisotopic (exact) mass is 220 g/mol. The Morgan fingerprint density at radius 2 is 1.80 bits per heavy atom. The predicted octanol–water partition coefficient (Wildman–Crippen LogP) is -4.43. The molecule has 0 aromatic rings. The lowest BCUT2D eigenvalue weighted by Crippen LogP contribution is -2.47. The van der Waals surface area contributed by atoms with Crippen LogP contribution in [-0.4, -0.2) is 55.0 Å². The molecule has 0 spiro atoms. The fourth-order valence-corrected chi connectivity index (χ4v) is 1.13. The van der Waals surface area contributed by atoms with E-state index in [0.717, 1.165) is 6.54 Å². The topological polar surface area (TPSA) is 127 Å². The fourth-order valence-electron chi connectivity index (χ4n) is 1.13. The van der Waals surface area contributed by atoms with Gasteiger partial charge in [-0.05, 0) is 14.0 Å². The first-order chi connectivity index (χ1) is 6.43. The van der Waals surface area contributed by atoms with Crippen LogP contribution in [0.15, 0.2) is 0 Å².